The van der Waals surface area contributed by atoms with Gasteiger partial charge in [-0.15, -0.1) is 0 Å². The molecule has 0 aliphatic carbocycles. The van der Waals surface area contributed by atoms with Crippen LogP contribution in [0.3, 0.4) is 0 Å². The van der Waals surface area contributed by atoms with Gasteiger partial charge in [0, 0.05) is 6.54 Å². The second-order valence-electron chi connectivity index (χ2n) is 4.68. The van der Waals surface area contributed by atoms with Crippen molar-refractivity contribution in [1.29, 1.82) is 0 Å². The fourth-order valence-electron chi connectivity index (χ4n) is 2.14. The van der Waals surface area contributed by atoms with Crippen LogP contribution in [0, 0.1) is 0 Å². The third kappa shape index (κ3) is 3.93. The van der Waals surface area contributed by atoms with Crippen LogP contribution in [0.1, 0.15) is 32.6 Å². The van der Waals surface area contributed by atoms with Crippen molar-refractivity contribution in [2.45, 2.75) is 44.7 Å². The summed E-state index contributed by atoms with van der Waals surface area (Å²) >= 11 is 0. The molecule has 0 aromatic heterocycles. The normalized spacial score (nSPS) is 23.6. The smallest absolute Gasteiger partial charge is 0.238 e. The molecule has 1 fully saturated rings. The molecule has 6 nitrogen and oxygen atoms in total. The molecule has 18 heavy (non-hydrogen) atoms. The number of carbonyl (C=O) groups excluding carboxylic acids is 1. The van der Waals surface area contributed by atoms with E-state index in [1.807, 2.05) is 6.92 Å². The highest BCUT2D eigenvalue weighted by atomic mass is 32.2. The number of aliphatic hydroxyl groups excluding tert-OH is 1. The van der Waals surface area contributed by atoms with Gasteiger partial charge in [-0.1, -0.05) is 13.3 Å². The van der Waals surface area contributed by atoms with Gasteiger partial charge >= 0.3 is 0 Å². The van der Waals surface area contributed by atoms with Gasteiger partial charge in [-0.3, -0.25) is 4.79 Å². The number of nitrogens with zero attached hydrogens (tertiary/aromatic N) is 1. The van der Waals surface area contributed by atoms with Crippen molar-refractivity contribution in [3.05, 3.63) is 0 Å². The molecule has 2 atom stereocenters. The van der Waals surface area contributed by atoms with Gasteiger partial charge in [-0.2, -0.15) is 4.31 Å². The fraction of sp³-hybridized carbons (Fsp3) is 0.909. The Balaban J connectivity index is 2.75. The summed E-state index contributed by atoms with van der Waals surface area (Å²) in [5.74, 6) is -0.305. The molecule has 1 unspecified atom stereocenters. The quantitative estimate of drug-likeness (QED) is 0.722. The zero-order chi connectivity index (χ0) is 13.8. The maximum absolute atomic E-state index is 12.1. The van der Waals surface area contributed by atoms with Crippen molar-refractivity contribution in [3.63, 3.8) is 0 Å². The highest BCUT2D eigenvalue weighted by Crippen LogP contribution is 2.20. The van der Waals surface area contributed by atoms with Crippen molar-refractivity contribution in [3.8, 4) is 0 Å². The van der Waals surface area contributed by atoms with Gasteiger partial charge in [0.2, 0.25) is 15.9 Å². The Morgan fingerprint density at radius 1 is 1.50 bits per heavy atom. The maximum atomic E-state index is 12.1. The van der Waals surface area contributed by atoms with Gasteiger partial charge in [0.15, 0.2) is 0 Å². The van der Waals surface area contributed by atoms with Crippen LogP contribution < -0.4 is 5.32 Å². The van der Waals surface area contributed by atoms with Crippen LogP contribution in [-0.2, 0) is 14.8 Å². The molecule has 1 aliphatic rings. The molecule has 0 spiro atoms. The van der Waals surface area contributed by atoms with E-state index in [9.17, 15) is 13.2 Å². The summed E-state index contributed by atoms with van der Waals surface area (Å²) in [6.45, 7) is 2.12. The molecule has 0 radical (unpaired) electrons. The molecular weight excluding hydrogens is 256 g/mol. The Labute approximate surface area is 108 Å². The van der Waals surface area contributed by atoms with Gasteiger partial charge in [0.05, 0.1) is 18.9 Å². The summed E-state index contributed by atoms with van der Waals surface area (Å²) in [5.41, 5.74) is 0. The van der Waals surface area contributed by atoms with Gasteiger partial charge in [-0.25, -0.2) is 8.42 Å². The van der Waals surface area contributed by atoms with Gasteiger partial charge in [0.1, 0.15) is 6.04 Å². The lowest BCUT2D eigenvalue weighted by Gasteiger charge is -2.33. The van der Waals surface area contributed by atoms with E-state index in [1.54, 1.807) is 0 Å². The third-order valence-electron chi connectivity index (χ3n) is 3.24. The van der Waals surface area contributed by atoms with Gasteiger partial charge < -0.3 is 10.4 Å². The molecular formula is C11H22N2O4S. The fourth-order valence-corrected chi connectivity index (χ4v) is 3.26. The van der Waals surface area contributed by atoms with E-state index in [-0.39, 0.29) is 18.6 Å². The summed E-state index contributed by atoms with van der Waals surface area (Å²) in [4.78, 5) is 12.1. The maximum Gasteiger partial charge on any atom is 0.238 e. The van der Waals surface area contributed by atoms with E-state index in [1.165, 1.54) is 4.31 Å². The largest absolute Gasteiger partial charge is 0.394 e. The zero-order valence-electron chi connectivity index (χ0n) is 10.9. The second kappa shape index (κ2) is 6.49. The van der Waals surface area contributed by atoms with Crippen molar-refractivity contribution in [1.82, 2.24) is 9.62 Å². The van der Waals surface area contributed by atoms with Crippen LogP contribution in [0.25, 0.3) is 0 Å². The van der Waals surface area contributed by atoms with E-state index < -0.39 is 16.1 Å². The monoisotopic (exact) mass is 278 g/mol. The number of aliphatic hydroxyl groups is 1. The molecule has 7 heteroatoms. The minimum Gasteiger partial charge on any atom is -0.394 e. The van der Waals surface area contributed by atoms with Gasteiger partial charge in [-0.05, 0) is 19.3 Å². The standard InChI is InChI=1S/C11H22N2O4S/c1-3-9(8-14)12-11(15)10-6-4-5-7-13(10)18(2,16)17/h9-10,14H,3-8H2,1-2H3,(H,12,15)/t9-,10?/m1/s1. The molecule has 1 saturated heterocycles. The van der Waals surface area contributed by atoms with Crippen LogP contribution in [-0.4, -0.2) is 55.2 Å². The van der Waals surface area contributed by atoms with Crippen LogP contribution >= 0.6 is 0 Å². The van der Waals surface area contributed by atoms with E-state index in [0.29, 0.717) is 19.4 Å². The SMILES string of the molecule is CC[C@H](CO)NC(=O)C1CCCCN1S(C)(=O)=O. The predicted molar refractivity (Wildman–Crippen MR) is 68.5 cm³/mol. The van der Waals surface area contributed by atoms with E-state index in [4.69, 9.17) is 5.11 Å². The Kier molecular flexibility index (Phi) is 5.55. The van der Waals surface area contributed by atoms with Crippen molar-refractivity contribution in [2.75, 3.05) is 19.4 Å². The zero-order valence-corrected chi connectivity index (χ0v) is 11.7. The first-order valence-corrected chi connectivity index (χ1v) is 8.13. The van der Waals surface area contributed by atoms with E-state index >= 15 is 0 Å². The number of carbonyl (C=O) groups is 1. The third-order valence-corrected chi connectivity index (χ3v) is 4.53. The minimum atomic E-state index is -3.36. The summed E-state index contributed by atoms with van der Waals surface area (Å²) in [7, 11) is -3.36. The van der Waals surface area contributed by atoms with Gasteiger partial charge in [0.25, 0.3) is 0 Å². The Morgan fingerprint density at radius 2 is 2.17 bits per heavy atom. The number of sulfonamides is 1. The number of amides is 1. The molecule has 0 saturated carbocycles. The predicted octanol–water partition coefficient (Wildman–Crippen LogP) is -0.312. The van der Waals surface area contributed by atoms with Crippen LogP contribution in [0.2, 0.25) is 0 Å². The lowest BCUT2D eigenvalue weighted by Crippen LogP contribution is -2.53. The highest BCUT2D eigenvalue weighted by molar-refractivity contribution is 7.88. The lowest BCUT2D eigenvalue weighted by atomic mass is 10.0. The number of piperidine rings is 1. The Bertz CT molecular complexity index is 379. The Hall–Kier alpha value is -0.660. The molecule has 1 rings (SSSR count). The molecule has 1 amide bonds. The average Bonchev–Trinajstić information content (AvgIpc) is 2.34. The van der Waals surface area contributed by atoms with Crippen LogP contribution in [0.15, 0.2) is 0 Å². The summed E-state index contributed by atoms with van der Waals surface area (Å²) in [5, 5.41) is 11.7. The van der Waals surface area contributed by atoms with Crippen LogP contribution in [0.5, 0.6) is 0 Å². The summed E-state index contributed by atoms with van der Waals surface area (Å²) < 4.78 is 24.5. The van der Waals surface area contributed by atoms with Crippen molar-refractivity contribution in [2.24, 2.45) is 0 Å². The summed E-state index contributed by atoms with van der Waals surface area (Å²) in [6, 6.07) is -0.935. The number of hydrogen-bond acceptors (Lipinski definition) is 4. The van der Waals surface area contributed by atoms with Crippen molar-refractivity contribution < 1.29 is 18.3 Å². The minimum absolute atomic E-state index is 0.131. The molecule has 0 aromatic rings. The summed E-state index contributed by atoms with van der Waals surface area (Å²) in [6.07, 6.45) is 3.92. The lowest BCUT2D eigenvalue weighted by molar-refractivity contribution is -0.126. The molecule has 1 heterocycles. The highest BCUT2D eigenvalue weighted by Gasteiger charge is 2.34. The van der Waals surface area contributed by atoms with Crippen molar-refractivity contribution >= 4 is 15.9 Å². The molecule has 0 bridgehead atoms. The number of hydrogen-bond donors (Lipinski definition) is 2. The topological polar surface area (TPSA) is 86.7 Å². The first-order chi connectivity index (χ1) is 8.40. The molecule has 0 aromatic carbocycles. The first-order valence-electron chi connectivity index (χ1n) is 6.28. The molecule has 2 N–H and O–H groups in total. The first kappa shape index (κ1) is 15.4. The van der Waals surface area contributed by atoms with E-state index in [0.717, 1.165) is 19.1 Å². The second-order valence-corrected chi connectivity index (χ2v) is 6.62. The average molecular weight is 278 g/mol. The number of nitrogens with one attached hydrogen (secondary N) is 1. The van der Waals surface area contributed by atoms with Crippen LogP contribution in [0.4, 0.5) is 0 Å². The molecule has 1 aliphatic heterocycles. The van der Waals surface area contributed by atoms with E-state index in [2.05, 4.69) is 5.32 Å². The number of rotatable bonds is 5. The molecule has 106 valence electrons. The Morgan fingerprint density at radius 3 is 2.67 bits per heavy atom.